The van der Waals surface area contributed by atoms with E-state index >= 15 is 0 Å². The van der Waals surface area contributed by atoms with Crippen molar-refractivity contribution in [2.45, 2.75) is 57.7 Å². The molecule has 7 heteroatoms. The predicted molar refractivity (Wildman–Crippen MR) is 87.7 cm³/mol. The van der Waals surface area contributed by atoms with Crippen molar-refractivity contribution in [2.24, 2.45) is 4.99 Å². The number of nitrogens with one attached hydrogen (secondary N) is 2. The van der Waals surface area contributed by atoms with Crippen LogP contribution in [0.4, 0.5) is 5.69 Å². The molecule has 0 unspecified atom stereocenters. The Hall–Kier alpha value is -2.17. The molecule has 1 radical (unpaired) electrons. The highest BCUT2D eigenvalue weighted by Gasteiger charge is 2.46. The molecule has 0 atom stereocenters. The van der Waals surface area contributed by atoms with E-state index in [9.17, 15) is 5.21 Å². The Kier molecular flexibility index (Phi) is 4.88. The SMILES string of the molecule is CC1(C)CC(N=C(NC#N)Nc2cccnc2)CC(C)(C)N1[O]. The Morgan fingerprint density at radius 1 is 1.39 bits per heavy atom. The average Bonchev–Trinajstić information content (AvgIpc) is 2.45. The number of guanidine groups is 1. The van der Waals surface area contributed by atoms with Gasteiger partial charge in [-0.3, -0.25) is 10.3 Å². The predicted octanol–water partition coefficient (Wildman–Crippen LogP) is 2.29. The highest BCUT2D eigenvalue weighted by atomic mass is 16.5. The van der Waals surface area contributed by atoms with Crippen molar-refractivity contribution in [3.63, 3.8) is 0 Å². The normalized spacial score (nSPS) is 21.5. The van der Waals surface area contributed by atoms with Crippen LogP contribution in [0.25, 0.3) is 0 Å². The molecule has 123 valence electrons. The van der Waals surface area contributed by atoms with Crippen LogP contribution in [0.2, 0.25) is 0 Å². The Morgan fingerprint density at radius 2 is 2.04 bits per heavy atom. The van der Waals surface area contributed by atoms with Gasteiger partial charge in [0, 0.05) is 17.3 Å². The maximum Gasteiger partial charge on any atom is 0.209 e. The molecule has 1 aliphatic rings. The summed E-state index contributed by atoms with van der Waals surface area (Å²) in [5.41, 5.74) is -0.252. The number of aromatic nitrogens is 1. The number of nitriles is 1. The Balaban J connectivity index is 2.20. The number of hydroxylamine groups is 2. The summed E-state index contributed by atoms with van der Waals surface area (Å²) in [5, 5.41) is 28.1. The first-order valence-corrected chi connectivity index (χ1v) is 7.62. The quantitative estimate of drug-likeness (QED) is 0.378. The van der Waals surface area contributed by atoms with Gasteiger partial charge >= 0.3 is 0 Å². The van der Waals surface area contributed by atoms with E-state index in [2.05, 4.69) is 20.6 Å². The molecule has 7 nitrogen and oxygen atoms in total. The summed E-state index contributed by atoms with van der Waals surface area (Å²) in [5.74, 6) is 0.372. The topological polar surface area (TPSA) is 96.2 Å². The van der Waals surface area contributed by atoms with Crippen molar-refractivity contribution >= 4 is 11.6 Å². The summed E-state index contributed by atoms with van der Waals surface area (Å²) >= 11 is 0. The lowest BCUT2D eigenvalue weighted by Gasteiger charge is -2.48. The summed E-state index contributed by atoms with van der Waals surface area (Å²) < 4.78 is 0. The van der Waals surface area contributed by atoms with Crippen LogP contribution in [-0.2, 0) is 5.21 Å². The Labute approximate surface area is 137 Å². The van der Waals surface area contributed by atoms with Gasteiger partial charge in [0.2, 0.25) is 5.96 Å². The minimum absolute atomic E-state index is 0.0507. The van der Waals surface area contributed by atoms with Gasteiger partial charge in [-0.15, -0.1) is 10.3 Å². The van der Waals surface area contributed by atoms with Gasteiger partial charge < -0.3 is 5.32 Å². The first-order valence-electron chi connectivity index (χ1n) is 7.62. The monoisotopic (exact) mass is 315 g/mol. The van der Waals surface area contributed by atoms with Crippen molar-refractivity contribution in [3.05, 3.63) is 24.5 Å². The minimum atomic E-state index is -0.498. The van der Waals surface area contributed by atoms with Gasteiger partial charge in [-0.25, -0.2) is 4.99 Å². The van der Waals surface area contributed by atoms with Crippen molar-refractivity contribution in [1.82, 2.24) is 15.4 Å². The first-order chi connectivity index (χ1) is 10.7. The highest BCUT2D eigenvalue weighted by molar-refractivity contribution is 5.94. The van der Waals surface area contributed by atoms with Crippen molar-refractivity contribution in [2.75, 3.05) is 5.32 Å². The van der Waals surface area contributed by atoms with Crippen molar-refractivity contribution in [1.29, 1.82) is 5.26 Å². The largest absolute Gasteiger partial charge is 0.324 e. The van der Waals surface area contributed by atoms with E-state index in [0.717, 1.165) is 10.8 Å². The number of pyridine rings is 1. The summed E-state index contributed by atoms with van der Waals surface area (Å²) in [6.45, 7) is 7.70. The molecule has 0 aromatic carbocycles. The number of hydrogen-bond donors (Lipinski definition) is 2. The Morgan fingerprint density at radius 3 is 2.57 bits per heavy atom. The zero-order chi connectivity index (χ0) is 17.1. The lowest BCUT2D eigenvalue weighted by atomic mass is 9.79. The van der Waals surface area contributed by atoms with Gasteiger partial charge in [-0.1, -0.05) is 0 Å². The third-order valence-corrected chi connectivity index (χ3v) is 3.98. The lowest BCUT2D eigenvalue weighted by Crippen LogP contribution is -2.59. The Bertz CT molecular complexity index is 587. The number of anilines is 1. The second-order valence-corrected chi connectivity index (χ2v) is 7.06. The van der Waals surface area contributed by atoms with Crippen LogP contribution >= 0.6 is 0 Å². The molecule has 2 rings (SSSR count). The molecule has 2 heterocycles. The number of piperidine rings is 1. The first kappa shape index (κ1) is 17.2. The van der Waals surface area contributed by atoms with Crippen LogP contribution in [0.3, 0.4) is 0 Å². The van der Waals surface area contributed by atoms with E-state index in [4.69, 9.17) is 5.26 Å². The molecule has 0 aliphatic carbocycles. The second-order valence-electron chi connectivity index (χ2n) is 7.06. The average molecular weight is 315 g/mol. The molecule has 2 N–H and O–H groups in total. The smallest absolute Gasteiger partial charge is 0.209 e. The van der Waals surface area contributed by atoms with Crippen LogP contribution in [0.15, 0.2) is 29.5 Å². The molecule has 0 spiro atoms. The molecular formula is C16H23N6O. The standard InChI is InChI=1S/C16H23N6O/c1-15(2)8-13(9-16(3,4)22(15)23)21-14(19-11-17)20-12-6-5-7-18-10-12/h5-7,10,13H,8-9H2,1-4H3,(H2,19,20,21). The van der Waals surface area contributed by atoms with Crippen LogP contribution in [0.1, 0.15) is 40.5 Å². The van der Waals surface area contributed by atoms with Gasteiger partial charge in [-0.2, -0.15) is 5.26 Å². The zero-order valence-corrected chi connectivity index (χ0v) is 14.0. The van der Waals surface area contributed by atoms with E-state index < -0.39 is 11.1 Å². The molecule has 1 aromatic heterocycles. The van der Waals surface area contributed by atoms with Gasteiger partial charge in [-0.05, 0) is 52.7 Å². The van der Waals surface area contributed by atoms with Crippen LogP contribution in [0, 0.1) is 11.5 Å². The highest BCUT2D eigenvalue weighted by Crippen LogP contribution is 2.38. The van der Waals surface area contributed by atoms with E-state index in [1.54, 1.807) is 18.5 Å². The molecule has 1 aromatic rings. The summed E-state index contributed by atoms with van der Waals surface area (Å²) in [4.78, 5) is 8.65. The molecule has 23 heavy (non-hydrogen) atoms. The van der Waals surface area contributed by atoms with Gasteiger partial charge in [0.25, 0.3) is 0 Å². The van der Waals surface area contributed by atoms with E-state index in [1.165, 1.54) is 0 Å². The second kappa shape index (κ2) is 6.52. The van der Waals surface area contributed by atoms with Crippen LogP contribution in [0.5, 0.6) is 0 Å². The number of nitrogens with zero attached hydrogens (tertiary/aromatic N) is 4. The van der Waals surface area contributed by atoms with Crippen LogP contribution < -0.4 is 10.6 Å². The zero-order valence-electron chi connectivity index (χ0n) is 14.0. The van der Waals surface area contributed by atoms with E-state index in [1.807, 2.05) is 40.0 Å². The molecular weight excluding hydrogens is 292 g/mol. The molecule has 0 amide bonds. The lowest BCUT2D eigenvalue weighted by molar-refractivity contribution is -0.288. The summed E-state index contributed by atoms with van der Waals surface area (Å²) in [6, 6.07) is 3.59. The summed E-state index contributed by atoms with van der Waals surface area (Å²) in [6.07, 6.45) is 6.48. The maximum atomic E-state index is 12.4. The van der Waals surface area contributed by atoms with Crippen LogP contribution in [-0.4, -0.2) is 33.1 Å². The number of hydrogen-bond acceptors (Lipinski definition) is 4. The fourth-order valence-electron chi connectivity index (χ4n) is 3.21. The molecule has 1 fully saturated rings. The van der Waals surface area contributed by atoms with E-state index in [-0.39, 0.29) is 6.04 Å². The fraction of sp³-hybridized carbons (Fsp3) is 0.562. The van der Waals surface area contributed by atoms with Gasteiger partial charge in [0.1, 0.15) is 0 Å². The third-order valence-electron chi connectivity index (χ3n) is 3.98. The third kappa shape index (κ3) is 4.18. The molecule has 1 saturated heterocycles. The minimum Gasteiger partial charge on any atom is -0.324 e. The fourth-order valence-corrected chi connectivity index (χ4v) is 3.21. The molecule has 0 saturated carbocycles. The number of rotatable bonds is 2. The molecule has 0 bridgehead atoms. The maximum absolute atomic E-state index is 12.4. The van der Waals surface area contributed by atoms with Gasteiger partial charge in [0.05, 0.1) is 17.9 Å². The van der Waals surface area contributed by atoms with E-state index in [0.29, 0.717) is 18.8 Å². The number of aliphatic imine (C=N–C) groups is 1. The molecule has 1 aliphatic heterocycles. The van der Waals surface area contributed by atoms with Crippen molar-refractivity contribution in [3.8, 4) is 6.19 Å². The summed E-state index contributed by atoms with van der Waals surface area (Å²) in [7, 11) is 0. The van der Waals surface area contributed by atoms with Crippen molar-refractivity contribution < 1.29 is 5.21 Å². The van der Waals surface area contributed by atoms with Gasteiger partial charge in [0.15, 0.2) is 6.19 Å².